The Morgan fingerprint density at radius 3 is 1.08 bits per heavy atom. The third-order valence-electron chi connectivity index (χ3n) is 20.5. The van der Waals surface area contributed by atoms with Gasteiger partial charge in [0.25, 0.3) is 10.9 Å². The minimum atomic E-state index is -1.10. The Kier molecular flexibility index (Phi) is 51.2. The van der Waals surface area contributed by atoms with Gasteiger partial charge in [-0.2, -0.15) is 0 Å². The standard InChI is InChI=1S/C86H147N15O20.CH4.Gd.H2O/c1-82(2,3)117-77(112)97-40-24-41-98(78(113)118-83(4,5)6)56-51-92(62-66-28-30-67(31-29-66)63-93-38-23-39-100(80(115)120-85(10,11)12)58-59-101(81(116)121-86(13,14)15)43-25-42-99(57-52-93)79(114)119-84(7,8)9)37-22-36-90(49-55-97)35-20-17-27-69(103)87-32-18-16-19-33-88-72-73(75(109)74(72)108)89-34-21-26-68(76(110)111)96-53-48-91(60-61-102)44-45-94(64-70(104)105)46-47-95(50-54-96)65-71(106)107;;;/h28-31,61,68,88-89H,16-27,32-60,62-65H2,1-15H3,(H,87,103)(H,104,105)(H,106,107)(H,110,111);1H4;;1H2/q;;+3;. The molecule has 6 amide bonds. The number of ether oxygens (including phenoxy) is 5. The van der Waals surface area contributed by atoms with Gasteiger partial charge in [0.05, 0.1) is 19.6 Å². The smallest absolute Gasteiger partial charge is 0.480 e. The van der Waals surface area contributed by atoms with E-state index in [1.165, 1.54) is 0 Å². The van der Waals surface area contributed by atoms with Gasteiger partial charge in [-0.05, 0) is 205 Å². The Labute approximate surface area is 768 Å². The van der Waals surface area contributed by atoms with Gasteiger partial charge in [0.15, 0.2) is 0 Å². The van der Waals surface area contributed by atoms with E-state index in [2.05, 4.69) is 54.9 Å². The second-order valence-corrected chi connectivity index (χ2v) is 36.9. The average Bonchev–Trinajstić information content (AvgIpc) is 0.783. The van der Waals surface area contributed by atoms with E-state index in [4.69, 9.17) is 23.7 Å². The minimum Gasteiger partial charge on any atom is -0.480 e. The van der Waals surface area contributed by atoms with Crippen molar-refractivity contribution in [1.29, 1.82) is 0 Å². The summed E-state index contributed by atoms with van der Waals surface area (Å²) < 4.78 is 29.5. The van der Waals surface area contributed by atoms with Gasteiger partial charge in [0.1, 0.15) is 51.7 Å². The van der Waals surface area contributed by atoms with Gasteiger partial charge >= 0.3 is 88.3 Å². The molecule has 1 radical (unpaired) electrons. The molecule has 0 aliphatic carbocycles. The number of aliphatic carboxylic acids is 3. The van der Waals surface area contributed by atoms with Crippen molar-refractivity contribution in [1.82, 2.24) is 64.1 Å². The summed E-state index contributed by atoms with van der Waals surface area (Å²) in [6, 6.07) is 7.52. The molecule has 3 aliphatic rings. The van der Waals surface area contributed by atoms with Crippen LogP contribution in [0.2, 0.25) is 0 Å². The van der Waals surface area contributed by atoms with Crippen LogP contribution in [0.5, 0.6) is 0 Å². The first kappa shape index (κ1) is 113. The van der Waals surface area contributed by atoms with Crippen LogP contribution in [0, 0.1) is 39.9 Å². The summed E-state index contributed by atoms with van der Waals surface area (Å²) in [4.78, 5) is 178. The second kappa shape index (κ2) is 56.2. The number of amides is 6. The number of carboxylic acid groups (broad SMARTS) is 3. The molecule has 707 valence electrons. The number of nitrogens with one attached hydrogen (secondary N) is 3. The number of hydrogen-bond donors (Lipinski definition) is 6. The van der Waals surface area contributed by atoms with Gasteiger partial charge < -0.3 is 94.6 Å². The number of aldehydes is 1. The van der Waals surface area contributed by atoms with E-state index < -0.39 is 93.3 Å². The van der Waals surface area contributed by atoms with Crippen LogP contribution in [-0.4, -0.2) is 377 Å². The molecule has 5 rings (SSSR count). The maximum atomic E-state index is 14.0. The zero-order valence-corrected chi connectivity index (χ0v) is 78.6. The first-order valence-corrected chi connectivity index (χ1v) is 43.6. The fourth-order valence-electron chi connectivity index (χ4n) is 14.3. The summed E-state index contributed by atoms with van der Waals surface area (Å²) in [5.41, 5.74) is -2.64. The Hall–Kier alpha value is -7.20. The number of unbranched alkanes of at least 4 members (excludes halogenated alkanes) is 3. The largest absolute Gasteiger partial charge is 3.00 e. The van der Waals surface area contributed by atoms with Crippen molar-refractivity contribution in [2.45, 2.75) is 235 Å². The van der Waals surface area contributed by atoms with E-state index >= 15 is 0 Å². The van der Waals surface area contributed by atoms with Crippen molar-refractivity contribution in [3.8, 4) is 0 Å². The predicted octanol–water partition coefficient (Wildman–Crippen LogP) is 7.58. The fourth-order valence-corrected chi connectivity index (χ4v) is 14.3. The van der Waals surface area contributed by atoms with Crippen LogP contribution in [0.4, 0.5) is 35.3 Å². The molecule has 1 atom stereocenters. The van der Waals surface area contributed by atoms with Crippen LogP contribution in [-0.2, 0) is 60.7 Å². The van der Waals surface area contributed by atoms with Gasteiger partial charge in [-0.3, -0.25) is 58.2 Å². The van der Waals surface area contributed by atoms with Crippen LogP contribution >= 0.6 is 0 Å². The average molecular weight is 1900 g/mol. The van der Waals surface area contributed by atoms with Gasteiger partial charge in [0.2, 0.25) is 5.91 Å². The van der Waals surface area contributed by atoms with E-state index in [1.807, 2.05) is 88.0 Å². The first-order chi connectivity index (χ1) is 56.8. The fraction of sp³-hybridized carbons (Fsp3) is 0.770. The number of nitrogens with zero attached hydrogens (tertiary/aromatic N) is 12. The van der Waals surface area contributed by atoms with Crippen molar-refractivity contribution in [3.05, 3.63) is 55.8 Å². The molecule has 0 saturated carbocycles. The molecular formula is C87H153GdN15O21+3. The Balaban J connectivity index is 0.0000174. The second-order valence-electron chi connectivity index (χ2n) is 36.9. The number of anilines is 2. The summed E-state index contributed by atoms with van der Waals surface area (Å²) >= 11 is 0. The molecule has 124 heavy (non-hydrogen) atoms. The number of benzene rings is 1. The number of carbonyl (C=O) groups excluding carboxylic acids is 7. The molecule has 36 nitrogen and oxygen atoms in total. The van der Waals surface area contributed by atoms with Crippen molar-refractivity contribution < 1.29 is 132 Å². The summed E-state index contributed by atoms with van der Waals surface area (Å²) in [7, 11) is 0. The van der Waals surface area contributed by atoms with Crippen LogP contribution in [0.1, 0.15) is 199 Å². The van der Waals surface area contributed by atoms with E-state index in [0.717, 1.165) is 30.3 Å². The molecule has 37 heteroatoms. The third kappa shape index (κ3) is 46.5. The van der Waals surface area contributed by atoms with Gasteiger partial charge in [-0.15, -0.1) is 0 Å². The molecule has 3 aliphatic heterocycles. The molecule has 2 aromatic rings. The minimum absolute atomic E-state index is 0. The summed E-state index contributed by atoms with van der Waals surface area (Å²) in [5.74, 6) is -3.28. The number of carboxylic acids is 3. The van der Waals surface area contributed by atoms with E-state index in [-0.39, 0.29) is 155 Å². The van der Waals surface area contributed by atoms with Crippen LogP contribution in [0.25, 0.3) is 0 Å². The monoisotopic (exact) mass is 1900 g/mol. The van der Waals surface area contributed by atoms with Crippen LogP contribution < -0.4 is 26.8 Å². The summed E-state index contributed by atoms with van der Waals surface area (Å²) in [6.45, 7) is 38.4. The molecule has 2 aromatic carbocycles. The van der Waals surface area contributed by atoms with Gasteiger partial charge in [-0.1, -0.05) is 31.7 Å². The third-order valence-corrected chi connectivity index (χ3v) is 20.5. The summed E-state index contributed by atoms with van der Waals surface area (Å²) in [5, 5.41) is 38.8. The Morgan fingerprint density at radius 2 is 0.710 bits per heavy atom. The quantitative estimate of drug-likeness (QED) is 0.0198. The van der Waals surface area contributed by atoms with Crippen molar-refractivity contribution in [2.75, 3.05) is 214 Å². The Bertz CT molecular complexity index is 3630. The SMILES string of the molecule is C.CC(C)(C)OC(=O)N1CCCN(C(=O)OC(C)(C)C)CCN(Cc2ccc(CN3CCCN(C(=O)OC(C)(C)C)CCN(C(=O)OC(C)(C)C)CCCN(C(=O)OC(C)(C)C)CC3)cc2)CCCN(CCCCC(=O)NCCCCCNc2c(NCCCC(C(=O)O)N3CCN(CC=O)CCN(CC(=O)O)CCN(CC(=O)O)CC3)c(=O)c2=O)CC1.O.[Gd+3]. The summed E-state index contributed by atoms with van der Waals surface area (Å²) in [6.07, 6.45) is 4.83. The zero-order valence-electron chi connectivity index (χ0n) is 76.3. The zero-order chi connectivity index (χ0) is 89.7. The number of rotatable bonds is 29. The molecule has 0 spiro atoms. The van der Waals surface area contributed by atoms with Crippen LogP contribution in [0.15, 0.2) is 33.9 Å². The van der Waals surface area contributed by atoms with Gasteiger partial charge in [0, 0.05) is 183 Å². The maximum absolute atomic E-state index is 14.0. The van der Waals surface area contributed by atoms with E-state index in [0.29, 0.717) is 195 Å². The molecule has 3 saturated heterocycles. The molecule has 0 aromatic heterocycles. The molecule has 3 fully saturated rings. The van der Waals surface area contributed by atoms with Crippen molar-refractivity contribution >= 4 is 71.9 Å². The van der Waals surface area contributed by atoms with E-state index in [1.54, 1.807) is 60.0 Å². The van der Waals surface area contributed by atoms with Crippen molar-refractivity contribution in [2.24, 2.45) is 0 Å². The molecule has 8 N–H and O–H groups in total. The first-order valence-electron chi connectivity index (χ1n) is 43.6. The van der Waals surface area contributed by atoms with Gasteiger partial charge in [-0.25, -0.2) is 24.0 Å². The topological polar surface area (TPSA) is 418 Å². The molecule has 1 unspecified atom stereocenters. The predicted molar refractivity (Wildman–Crippen MR) is 473 cm³/mol. The van der Waals surface area contributed by atoms with Crippen molar-refractivity contribution in [3.63, 3.8) is 0 Å². The molecule has 0 bridgehead atoms. The maximum Gasteiger partial charge on any atom is 3.00 e. The number of carbonyl (C=O) groups is 10. The Morgan fingerprint density at radius 1 is 0.395 bits per heavy atom. The normalized spacial score (nSPS) is 17.6. The van der Waals surface area contributed by atoms with Crippen LogP contribution in [0.3, 0.4) is 0 Å². The molecule has 3 heterocycles. The number of hydrogen-bond acceptors (Lipinski definition) is 26. The van der Waals surface area contributed by atoms with E-state index in [9.17, 15) is 72.9 Å². The molecular weight excluding hydrogens is 1750 g/mol.